The normalized spacial score (nSPS) is 14.7. The molecule has 2 unspecified atom stereocenters. The van der Waals surface area contributed by atoms with E-state index in [1.54, 1.807) is 13.0 Å². The van der Waals surface area contributed by atoms with Crippen molar-refractivity contribution in [3.8, 4) is 0 Å². The molecule has 0 amide bonds. The van der Waals surface area contributed by atoms with Gasteiger partial charge < -0.3 is 15.0 Å². The number of hydrogen-bond acceptors (Lipinski definition) is 3. The highest BCUT2D eigenvalue weighted by atomic mass is 31.1. The molecule has 134 valence electrons. The standard InChI is InChI=1S/C16H27FNO2P.C2H6/c1-6-16(4,18)10-20-21(5)11-19-9-14-7-13(3)15(17)8-12(14)2;1-2/h7-8H,6,9-11,18H2,1-5H3;1-2H3. The van der Waals surface area contributed by atoms with Crippen LogP contribution < -0.4 is 5.73 Å². The van der Waals surface area contributed by atoms with Crippen molar-refractivity contribution in [3.05, 3.63) is 34.6 Å². The maximum absolute atomic E-state index is 13.4. The summed E-state index contributed by atoms with van der Waals surface area (Å²) in [6.45, 7) is 14.8. The Balaban J connectivity index is 0.00000232. The molecular formula is C18H33FNO2P. The summed E-state index contributed by atoms with van der Waals surface area (Å²) in [5, 5.41) is 0. The highest BCUT2D eigenvalue weighted by Gasteiger charge is 2.17. The van der Waals surface area contributed by atoms with Gasteiger partial charge in [0, 0.05) is 5.54 Å². The summed E-state index contributed by atoms with van der Waals surface area (Å²) in [5.41, 5.74) is 8.36. The maximum atomic E-state index is 13.4. The summed E-state index contributed by atoms with van der Waals surface area (Å²) in [4.78, 5) is 0. The fourth-order valence-corrected chi connectivity index (χ4v) is 2.62. The number of halogens is 1. The number of benzene rings is 1. The van der Waals surface area contributed by atoms with Gasteiger partial charge in [0.2, 0.25) is 0 Å². The molecular weight excluding hydrogens is 312 g/mol. The van der Waals surface area contributed by atoms with Crippen LogP contribution in [0.5, 0.6) is 0 Å². The van der Waals surface area contributed by atoms with E-state index in [0.29, 0.717) is 25.1 Å². The van der Waals surface area contributed by atoms with Gasteiger partial charge in [0.1, 0.15) is 5.82 Å². The van der Waals surface area contributed by atoms with Crippen LogP contribution in [0.25, 0.3) is 0 Å². The predicted octanol–water partition coefficient (Wildman–Crippen LogP) is 5.11. The van der Waals surface area contributed by atoms with E-state index in [9.17, 15) is 4.39 Å². The predicted molar refractivity (Wildman–Crippen MR) is 98.6 cm³/mol. The summed E-state index contributed by atoms with van der Waals surface area (Å²) in [5.74, 6) is -0.167. The molecule has 0 heterocycles. The van der Waals surface area contributed by atoms with E-state index >= 15 is 0 Å². The van der Waals surface area contributed by atoms with Crippen molar-refractivity contribution in [1.82, 2.24) is 0 Å². The van der Waals surface area contributed by atoms with E-state index in [2.05, 4.69) is 6.92 Å². The van der Waals surface area contributed by atoms with E-state index in [1.165, 1.54) is 0 Å². The molecule has 5 heteroatoms. The highest BCUT2D eigenvalue weighted by Crippen LogP contribution is 2.33. The van der Waals surface area contributed by atoms with Crippen LogP contribution in [0.15, 0.2) is 12.1 Å². The van der Waals surface area contributed by atoms with Gasteiger partial charge >= 0.3 is 0 Å². The van der Waals surface area contributed by atoms with Crippen molar-refractivity contribution in [1.29, 1.82) is 0 Å². The van der Waals surface area contributed by atoms with Crippen LogP contribution in [0.3, 0.4) is 0 Å². The zero-order valence-corrected chi connectivity index (χ0v) is 16.6. The first-order valence-corrected chi connectivity index (χ1v) is 10.1. The first-order chi connectivity index (χ1) is 10.7. The molecule has 0 aliphatic carbocycles. The molecule has 0 saturated carbocycles. The molecule has 0 spiro atoms. The van der Waals surface area contributed by atoms with Crippen molar-refractivity contribution in [2.24, 2.45) is 5.73 Å². The van der Waals surface area contributed by atoms with Crippen molar-refractivity contribution in [3.63, 3.8) is 0 Å². The van der Waals surface area contributed by atoms with E-state index in [4.69, 9.17) is 15.0 Å². The van der Waals surface area contributed by atoms with Gasteiger partial charge in [-0.25, -0.2) is 4.39 Å². The molecule has 0 aliphatic rings. The molecule has 23 heavy (non-hydrogen) atoms. The smallest absolute Gasteiger partial charge is 0.126 e. The van der Waals surface area contributed by atoms with E-state index in [1.807, 2.05) is 40.4 Å². The minimum Gasteiger partial charge on any atom is -0.370 e. The summed E-state index contributed by atoms with van der Waals surface area (Å²) in [6.07, 6.45) is 1.44. The van der Waals surface area contributed by atoms with Gasteiger partial charge in [-0.3, -0.25) is 0 Å². The van der Waals surface area contributed by atoms with Crippen molar-refractivity contribution in [2.45, 2.75) is 60.1 Å². The summed E-state index contributed by atoms with van der Waals surface area (Å²) in [7, 11) is -0.647. The molecule has 1 aromatic rings. The third kappa shape index (κ3) is 8.76. The van der Waals surface area contributed by atoms with Crippen LogP contribution in [-0.4, -0.2) is 25.2 Å². The number of nitrogens with two attached hydrogens (primary N) is 1. The second-order valence-electron chi connectivity index (χ2n) is 5.91. The van der Waals surface area contributed by atoms with E-state index < -0.39 is 8.15 Å². The molecule has 2 atom stereocenters. The maximum Gasteiger partial charge on any atom is 0.126 e. The van der Waals surface area contributed by atoms with E-state index in [0.717, 1.165) is 17.5 Å². The molecule has 2 N–H and O–H groups in total. The third-order valence-corrected chi connectivity index (χ3v) is 4.69. The molecule has 3 nitrogen and oxygen atoms in total. The highest BCUT2D eigenvalue weighted by molar-refractivity contribution is 7.51. The van der Waals surface area contributed by atoms with Crippen LogP contribution >= 0.6 is 8.15 Å². The molecule has 1 rings (SSSR count). The molecule has 1 aromatic carbocycles. The molecule has 0 radical (unpaired) electrons. The second-order valence-corrected chi connectivity index (χ2v) is 7.69. The Hall–Kier alpha value is -0.540. The second kappa shape index (κ2) is 11.1. The van der Waals surface area contributed by atoms with Crippen LogP contribution in [0.2, 0.25) is 0 Å². The summed E-state index contributed by atoms with van der Waals surface area (Å²) in [6, 6.07) is 3.40. The van der Waals surface area contributed by atoms with Crippen molar-refractivity contribution < 1.29 is 13.7 Å². The monoisotopic (exact) mass is 345 g/mol. The Morgan fingerprint density at radius 3 is 2.39 bits per heavy atom. The lowest BCUT2D eigenvalue weighted by Crippen LogP contribution is -2.39. The quantitative estimate of drug-likeness (QED) is 0.666. The fourth-order valence-electron chi connectivity index (χ4n) is 1.68. The zero-order valence-electron chi connectivity index (χ0n) is 15.7. The van der Waals surface area contributed by atoms with Gasteiger partial charge in [0.05, 0.1) is 27.7 Å². The van der Waals surface area contributed by atoms with Gasteiger partial charge in [-0.05, 0) is 56.6 Å². The molecule has 0 fully saturated rings. The number of rotatable bonds is 8. The molecule has 0 bridgehead atoms. The first-order valence-electron chi connectivity index (χ1n) is 8.21. The SMILES string of the molecule is CC.CCC(C)(N)COP(C)COCc1cc(C)c(F)cc1C. The van der Waals surface area contributed by atoms with Gasteiger partial charge in [-0.1, -0.05) is 26.8 Å². The van der Waals surface area contributed by atoms with E-state index in [-0.39, 0.29) is 11.4 Å². The number of ether oxygens (including phenoxy) is 1. The Bertz CT molecular complexity index is 467. The lowest BCUT2D eigenvalue weighted by atomic mass is 10.0. The summed E-state index contributed by atoms with van der Waals surface area (Å²) >= 11 is 0. The van der Waals surface area contributed by atoms with Crippen molar-refractivity contribution >= 4 is 8.15 Å². The Morgan fingerprint density at radius 2 is 1.83 bits per heavy atom. The van der Waals surface area contributed by atoms with Crippen LogP contribution in [0.1, 0.15) is 50.8 Å². The van der Waals surface area contributed by atoms with Gasteiger partial charge in [0.15, 0.2) is 0 Å². The average molecular weight is 345 g/mol. The number of hydrogen-bond donors (Lipinski definition) is 1. The van der Waals surface area contributed by atoms with Crippen LogP contribution in [-0.2, 0) is 15.9 Å². The average Bonchev–Trinajstić information content (AvgIpc) is 2.52. The third-order valence-electron chi connectivity index (χ3n) is 3.57. The van der Waals surface area contributed by atoms with Gasteiger partial charge in [-0.2, -0.15) is 0 Å². The fraction of sp³-hybridized carbons (Fsp3) is 0.667. The van der Waals surface area contributed by atoms with Crippen LogP contribution in [0.4, 0.5) is 4.39 Å². The van der Waals surface area contributed by atoms with Gasteiger partial charge in [0.25, 0.3) is 0 Å². The molecule has 0 aliphatic heterocycles. The zero-order chi connectivity index (χ0) is 18.0. The Labute approximate surface area is 142 Å². The van der Waals surface area contributed by atoms with Crippen LogP contribution in [0, 0.1) is 19.7 Å². The Morgan fingerprint density at radius 1 is 1.22 bits per heavy atom. The van der Waals surface area contributed by atoms with Gasteiger partial charge in [-0.15, -0.1) is 0 Å². The minimum atomic E-state index is -0.647. The molecule has 0 aromatic heterocycles. The largest absolute Gasteiger partial charge is 0.370 e. The first kappa shape index (κ1) is 22.5. The summed E-state index contributed by atoms with van der Waals surface area (Å²) < 4.78 is 24.8. The molecule has 0 saturated heterocycles. The van der Waals surface area contributed by atoms with Crippen molar-refractivity contribution in [2.75, 3.05) is 19.6 Å². The number of aryl methyl sites for hydroxylation is 2. The lowest BCUT2D eigenvalue weighted by Gasteiger charge is -2.24. The lowest BCUT2D eigenvalue weighted by molar-refractivity contribution is 0.152. The topological polar surface area (TPSA) is 44.5 Å². The minimum absolute atomic E-state index is 0.167. The Kier molecular flexibility index (Phi) is 10.8.